The summed E-state index contributed by atoms with van der Waals surface area (Å²) in [4.78, 5) is 0.672. The van der Waals surface area contributed by atoms with E-state index >= 15 is 0 Å². The monoisotopic (exact) mass is 311 g/mol. The van der Waals surface area contributed by atoms with Gasteiger partial charge in [0.1, 0.15) is 4.08 Å². The van der Waals surface area contributed by atoms with E-state index in [0.29, 0.717) is 17.1 Å². The largest absolute Gasteiger partial charge is 0.258 e. The highest BCUT2D eigenvalue weighted by molar-refractivity contribution is 8.08. The van der Waals surface area contributed by atoms with Crippen molar-refractivity contribution in [2.75, 3.05) is 12.8 Å². The van der Waals surface area contributed by atoms with Gasteiger partial charge in [-0.2, -0.15) is 0 Å². The first kappa shape index (κ1) is 15.4. The summed E-state index contributed by atoms with van der Waals surface area (Å²) < 4.78 is 29.6. The van der Waals surface area contributed by atoms with Gasteiger partial charge in [-0.3, -0.25) is 4.21 Å². The zero-order valence-electron chi connectivity index (χ0n) is 12.4. The van der Waals surface area contributed by atoms with Crippen molar-refractivity contribution in [2.24, 2.45) is 4.36 Å². The fourth-order valence-corrected chi connectivity index (χ4v) is 7.62. The Morgan fingerprint density at radius 2 is 1.80 bits per heavy atom. The highest BCUT2D eigenvalue weighted by Gasteiger charge is 2.45. The predicted molar refractivity (Wildman–Crippen MR) is 85.6 cm³/mol. The van der Waals surface area contributed by atoms with Crippen molar-refractivity contribution in [3.8, 4) is 0 Å². The van der Waals surface area contributed by atoms with Crippen LogP contribution >= 0.6 is 0 Å². The lowest BCUT2D eigenvalue weighted by molar-refractivity contribution is 0.631. The van der Waals surface area contributed by atoms with Gasteiger partial charge in [-0.15, -0.1) is 0 Å². The topological polar surface area (TPSA) is 46.5 Å². The van der Waals surface area contributed by atoms with Crippen LogP contribution < -0.4 is 0 Å². The van der Waals surface area contributed by atoms with Crippen LogP contribution in [0, 0.1) is 0 Å². The van der Waals surface area contributed by atoms with Crippen LogP contribution in [0.4, 0.5) is 0 Å². The molecule has 1 aliphatic heterocycles. The van der Waals surface area contributed by atoms with Crippen LogP contribution in [0.15, 0.2) is 50.7 Å². The Kier molecular flexibility index (Phi) is 4.21. The number of hydrogen-bond acceptors (Lipinski definition) is 3. The summed E-state index contributed by atoms with van der Waals surface area (Å²) in [7, 11) is -2.35. The molecule has 1 heterocycles. The Labute approximate surface area is 124 Å². The van der Waals surface area contributed by atoms with Gasteiger partial charge in [0.2, 0.25) is 0 Å². The molecule has 0 saturated heterocycles. The van der Waals surface area contributed by atoms with Gasteiger partial charge in [0.05, 0.1) is 9.73 Å². The maximum atomic E-state index is 13.5. The second kappa shape index (κ2) is 5.45. The minimum atomic E-state index is -2.72. The molecule has 1 aromatic rings. The highest BCUT2D eigenvalue weighted by atomic mass is 32.3. The maximum absolute atomic E-state index is 13.5. The van der Waals surface area contributed by atoms with Gasteiger partial charge in [0.25, 0.3) is 0 Å². The van der Waals surface area contributed by atoms with Crippen LogP contribution in [-0.2, 0) is 20.5 Å². The lowest BCUT2D eigenvalue weighted by Crippen LogP contribution is -2.43. The summed E-state index contributed by atoms with van der Waals surface area (Å²) >= 11 is 0. The Bertz CT molecular complexity index is 685. The van der Waals surface area contributed by atoms with Crippen molar-refractivity contribution >= 4 is 20.5 Å². The van der Waals surface area contributed by atoms with Crippen molar-refractivity contribution < 1.29 is 8.42 Å². The van der Waals surface area contributed by atoms with Crippen molar-refractivity contribution in [1.29, 1.82) is 0 Å². The molecule has 0 aliphatic carbocycles. The van der Waals surface area contributed by atoms with Gasteiger partial charge in [-0.05, 0) is 39.3 Å². The maximum Gasteiger partial charge on any atom is 0.134 e. The molecule has 5 heteroatoms. The molecule has 0 saturated carbocycles. The first-order valence-electron chi connectivity index (χ1n) is 6.59. The van der Waals surface area contributed by atoms with E-state index in [4.69, 9.17) is 0 Å². The third kappa shape index (κ3) is 2.27. The van der Waals surface area contributed by atoms with E-state index in [0.717, 1.165) is 5.57 Å². The zero-order valence-corrected chi connectivity index (χ0v) is 14.0. The molecular weight excluding hydrogens is 290 g/mol. The second-order valence-corrected chi connectivity index (χ2v) is 10.3. The van der Waals surface area contributed by atoms with Gasteiger partial charge in [0.15, 0.2) is 0 Å². The number of nitrogens with zero attached hydrogens (tertiary/aromatic N) is 1. The predicted octanol–water partition coefficient (Wildman–Crippen LogP) is 3.35. The molecule has 0 fully saturated rings. The molecule has 0 radical (unpaired) electrons. The van der Waals surface area contributed by atoms with Crippen LogP contribution in [0.1, 0.15) is 27.2 Å². The molecule has 0 unspecified atom stereocenters. The lowest BCUT2D eigenvalue weighted by atomic mass is 10.1. The SMILES string of the molecule is CN=[S@](=O)(c1ccccc1)[C@]1(C)CC(C)=C(C)C[S@@]1=O. The van der Waals surface area contributed by atoms with E-state index in [1.807, 2.05) is 51.1 Å². The Balaban J connectivity index is 2.64. The quantitative estimate of drug-likeness (QED) is 0.786. The molecule has 1 aliphatic rings. The minimum Gasteiger partial charge on any atom is -0.258 e. The average Bonchev–Trinajstić information content (AvgIpc) is 2.45. The molecule has 0 aromatic heterocycles. The molecule has 0 bridgehead atoms. The first-order chi connectivity index (χ1) is 9.35. The van der Waals surface area contributed by atoms with Crippen LogP contribution in [0.2, 0.25) is 0 Å². The van der Waals surface area contributed by atoms with Gasteiger partial charge in [0, 0.05) is 28.5 Å². The molecule has 0 N–H and O–H groups in total. The summed E-state index contributed by atoms with van der Waals surface area (Å²) in [6.07, 6.45) is 0.566. The summed E-state index contributed by atoms with van der Waals surface area (Å²) in [5.74, 6) is 0.488. The molecular formula is C15H21NO2S2. The summed E-state index contributed by atoms with van der Waals surface area (Å²) in [6, 6.07) is 9.22. The second-order valence-electron chi connectivity index (χ2n) is 5.38. The molecule has 3 nitrogen and oxygen atoms in total. The fourth-order valence-electron chi connectivity index (χ4n) is 2.56. The lowest BCUT2D eigenvalue weighted by Gasteiger charge is -2.36. The van der Waals surface area contributed by atoms with Gasteiger partial charge < -0.3 is 0 Å². The number of benzene rings is 1. The smallest absolute Gasteiger partial charge is 0.134 e. The highest BCUT2D eigenvalue weighted by Crippen LogP contribution is 2.40. The number of hydrogen-bond donors (Lipinski definition) is 0. The van der Waals surface area contributed by atoms with Gasteiger partial charge >= 0.3 is 0 Å². The fraction of sp³-hybridized carbons (Fsp3) is 0.467. The minimum absolute atomic E-state index is 0.488. The summed E-state index contributed by atoms with van der Waals surface area (Å²) in [6.45, 7) is 5.88. The molecule has 0 amide bonds. The van der Waals surface area contributed by atoms with Crippen molar-refractivity contribution in [2.45, 2.75) is 36.2 Å². The van der Waals surface area contributed by atoms with Crippen molar-refractivity contribution in [1.82, 2.24) is 0 Å². The zero-order chi connectivity index (χ0) is 15.0. The Morgan fingerprint density at radius 1 is 1.20 bits per heavy atom. The normalized spacial score (nSPS) is 29.9. The van der Waals surface area contributed by atoms with E-state index in [-0.39, 0.29) is 0 Å². The third-order valence-electron chi connectivity index (χ3n) is 4.05. The van der Waals surface area contributed by atoms with Crippen LogP contribution in [0.3, 0.4) is 0 Å². The molecule has 20 heavy (non-hydrogen) atoms. The molecule has 3 atom stereocenters. The molecule has 2 rings (SSSR count). The number of allylic oxidation sites excluding steroid dienone is 1. The third-order valence-corrected chi connectivity index (χ3v) is 9.83. The van der Waals surface area contributed by atoms with Crippen LogP contribution in [0.25, 0.3) is 0 Å². The average molecular weight is 311 g/mol. The van der Waals surface area contributed by atoms with Gasteiger partial charge in [-0.25, -0.2) is 8.57 Å². The molecule has 1 aromatic carbocycles. The Morgan fingerprint density at radius 3 is 2.35 bits per heavy atom. The van der Waals surface area contributed by atoms with E-state index in [9.17, 15) is 8.42 Å². The standard InChI is InChI=1S/C15H21NO2S2/c1-12-10-15(3,19(17)11-13(12)2)20(18,16-4)14-8-6-5-7-9-14/h5-9H,10-11H2,1-4H3/t15-,19+,20+/m1/s1. The van der Waals surface area contributed by atoms with E-state index in [2.05, 4.69) is 4.36 Å². The molecule has 0 spiro atoms. The number of rotatable bonds is 2. The van der Waals surface area contributed by atoms with Gasteiger partial charge in [-0.1, -0.05) is 29.3 Å². The van der Waals surface area contributed by atoms with Crippen LogP contribution in [-0.4, -0.2) is 25.3 Å². The van der Waals surface area contributed by atoms with E-state index in [1.165, 1.54) is 5.57 Å². The summed E-state index contributed by atoms with van der Waals surface area (Å²) in [5, 5.41) is 0. The van der Waals surface area contributed by atoms with Crippen molar-refractivity contribution in [3.63, 3.8) is 0 Å². The Hall–Kier alpha value is -0.940. The summed E-state index contributed by atoms with van der Waals surface area (Å²) in [5.41, 5.74) is 2.33. The van der Waals surface area contributed by atoms with E-state index in [1.54, 1.807) is 7.05 Å². The van der Waals surface area contributed by atoms with E-state index < -0.39 is 24.6 Å². The molecule has 110 valence electrons. The van der Waals surface area contributed by atoms with Crippen molar-refractivity contribution in [3.05, 3.63) is 41.5 Å². The van der Waals surface area contributed by atoms with Crippen LogP contribution in [0.5, 0.6) is 0 Å². The first-order valence-corrected chi connectivity index (χ1v) is 9.42.